The van der Waals surface area contributed by atoms with Gasteiger partial charge in [0.1, 0.15) is 5.75 Å². The molecule has 30 heavy (non-hydrogen) atoms. The molecule has 0 aliphatic heterocycles. The molecule has 0 saturated heterocycles. The highest BCUT2D eigenvalue weighted by Gasteiger charge is 2.19. The Morgan fingerprint density at radius 2 is 1.77 bits per heavy atom. The minimum atomic E-state index is -3.52. The molecule has 0 unspecified atom stereocenters. The molecule has 8 heteroatoms. The minimum absolute atomic E-state index is 0.0642. The predicted octanol–water partition coefficient (Wildman–Crippen LogP) is 4.13. The first kappa shape index (κ1) is 22.4. The summed E-state index contributed by atoms with van der Waals surface area (Å²) in [6, 6.07) is 14.0. The van der Waals surface area contributed by atoms with Crippen molar-refractivity contribution in [2.45, 2.75) is 44.7 Å². The molecule has 0 heterocycles. The minimum Gasteiger partial charge on any atom is -0.484 e. The number of sulfonamides is 1. The van der Waals surface area contributed by atoms with Crippen LogP contribution in [0.3, 0.4) is 0 Å². The van der Waals surface area contributed by atoms with Crippen LogP contribution in [0.15, 0.2) is 48.5 Å². The largest absolute Gasteiger partial charge is 0.484 e. The molecule has 0 radical (unpaired) electrons. The number of anilines is 1. The maximum absolute atomic E-state index is 12.3. The van der Waals surface area contributed by atoms with E-state index < -0.39 is 10.0 Å². The van der Waals surface area contributed by atoms with E-state index >= 15 is 0 Å². The summed E-state index contributed by atoms with van der Waals surface area (Å²) in [4.78, 5) is 12.1. The van der Waals surface area contributed by atoms with Gasteiger partial charge in [-0.2, -0.15) is 0 Å². The van der Waals surface area contributed by atoms with Gasteiger partial charge in [0, 0.05) is 11.1 Å². The van der Waals surface area contributed by atoms with Crippen molar-refractivity contribution in [1.82, 2.24) is 5.32 Å². The fraction of sp³-hybridized carbons (Fsp3) is 0.409. The van der Waals surface area contributed by atoms with E-state index in [0.29, 0.717) is 22.0 Å². The Hall–Kier alpha value is -2.25. The van der Waals surface area contributed by atoms with E-state index in [4.69, 9.17) is 16.3 Å². The highest BCUT2D eigenvalue weighted by Crippen LogP contribution is 2.26. The van der Waals surface area contributed by atoms with Crippen molar-refractivity contribution < 1.29 is 17.9 Å². The number of nitrogens with one attached hydrogen (secondary N) is 1. The standard InChI is InChI=1S/C22H27ClN2O4S/c1-30(27,28)25(15-17-7-5-6-10-21(17)23)19-11-13-20(14-12-19)29-16-22(26)24-18-8-3-2-4-9-18/h5-7,10-14,18H,2-4,8-9,15-16H2,1H3,(H,24,26). The molecule has 1 aliphatic rings. The van der Waals surface area contributed by atoms with Gasteiger partial charge in [0.05, 0.1) is 18.5 Å². The van der Waals surface area contributed by atoms with Gasteiger partial charge < -0.3 is 10.1 Å². The Labute approximate surface area is 183 Å². The topological polar surface area (TPSA) is 75.7 Å². The number of nitrogens with zero attached hydrogens (tertiary/aromatic N) is 1. The highest BCUT2D eigenvalue weighted by atomic mass is 35.5. The first-order valence-electron chi connectivity index (χ1n) is 10.1. The SMILES string of the molecule is CS(=O)(=O)N(Cc1ccccc1Cl)c1ccc(OCC(=O)NC2CCCCC2)cc1. The van der Waals surface area contributed by atoms with Crippen LogP contribution in [0.5, 0.6) is 5.75 Å². The molecule has 1 aliphatic carbocycles. The number of ether oxygens (including phenoxy) is 1. The Balaban J connectivity index is 1.62. The molecule has 6 nitrogen and oxygen atoms in total. The number of benzene rings is 2. The average Bonchev–Trinajstić information content (AvgIpc) is 2.72. The second kappa shape index (κ2) is 10.2. The summed E-state index contributed by atoms with van der Waals surface area (Å²) in [6.07, 6.45) is 6.73. The van der Waals surface area contributed by atoms with Crippen LogP contribution >= 0.6 is 11.6 Å². The van der Waals surface area contributed by atoms with Crippen molar-refractivity contribution in [1.29, 1.82) is 0 Å². The molecule has 3 rings (SSSR count). The number of hydrogen-bond acceptors (Lipinski definition) is 4. The Morgan fingerprint density at radius 3 is 2.40 bits per heavy atom. The van der Waals surface area contributed by atoms with Crippen LogP contribution in [-0.4, -0.2) is 33.2 Å². The van der Waals surface area contributed by atoms with E-state index in [1.54, 1.807) is 42.5 Å². The number of halogens is 1. The Bertz CT molecular complexity index is 957. The van der Waals surface area contributed by atoms with Gasteiger partial charge in [-0.1, -0.05) is 49.1 Å². The van der Waals surface area contributed by atoms with Gasteiger partial charge in [0.25, 0.3) is 5.91 Å². The summed E-state index contributed by atoms with van der Waals surface area (Å²) >= 11 is 6.19. The number of amides is 1. The molecule has 1 amide bonds. The molecular formula is C22H27ClN2O4S. The third kappa shape index (κ3) is 6.37. The van der Waals surface area contributed by atoms with Crippen molar-refractivity contribution >= 4 is 33.2 Å². The lowest BCUT2D eigenvalue weighted by atomic mass is 9.95. The second-order valence-corrected chi connectivity index (χ2v) is 9.86. The fourth-order valence-electron chi connectivity index (χ4n) is 3.56. The lowest BCUT2D eigenvalue weighted by molar-refractivity contribution is -0.124. The second-order valence-electron chi connectivity index (χ2n) is 7.55. The van der Waals surface area contributed by atoms with Gasteiger partial charge in [-0.05, 0) is 48.7 Å². The summed E-state index contributed by atoms with van der Waals surface area (Å²) in [5.74, 6) is 0.367. The molecule has 2 aromatic rings. The van der Waals surface area contributed by atoms with Crippen molar-refractivity contribution in [3.05, 3.63) is 59.1 Å². The molecule has 1 fully saturated rings. The fourth-order valence-corrected chi connectivity index (χ4v) is 4.63. The lowest BCUT2D eigenvalue weighted by Crippen LogP contribution is -2.38. The van der Waals surface area contributed by atoms with E-state index in [9.17, 15) is 13.2 Å². The number of carbonyl (C=O) groups excluding carboxylic acids is 1. The molecule has 0 aromatic heterocycles. The Morgan fingerprint density at radius 1 is 1.10 bits per heavy atom. The molecule has 1 N–H and O–H groups in total. The summed E-state index contributed by atoms with van der Waals surface area (Å²) in [7, 11) is -3.52. The molecule has 0 atom stereocenters. The van der Waals surface area contributed by atoms with E-state index in [1.165, 1.54) is 10.7 Å². The van der Waals surface area contributed by atoms with Gasteiger partial charge in [0.15, 0.2) is 6.61 Å². The molecule has 0 spiro atoms. The van der Waals surface area contributed by atoms with Crippen LogP contribution in [0.25, 0.3) is 0 Å². The zero-order valence-corrected chi connectivity index (χ0v) is 18.6. The first-order chi connectivity index (χ1) is 14.3. The number of rotatable bonds is 8. The Kier molecular flexibility index (Phi) is 7.61. The van der Waals surface area contributed by atoms with E-state index in [2.05, 4.69) is 5.32 Å². The van der Waals surface area contributed by atoms with Crippen molar-refractivity contribution in [2.75, 3.05) is 17.2 Å². The zero-order chi connectivity index (χ0) is 21.6. The average molecular weight is 451 g/mol. The predicted molar refractivity (Wildman–Crippen MR) is 119 cm³/mol. The monoisotopic (exact) mass is 450 g/mol. The van der Waals surface area contributed by atoms with Crippen LogP contribution in [0.1, 0.15) is 37.7 Å². The summed E-state index contributed by atoms with van der Waals surface area (Å²) in [6.45, 7) is 0.0633. The third-order valence-corrected chi connectivity index (χ3v) is 6.65. The van der Waals surface area contributed by atoms with Crippen LogP contribution < -0.4 is 14.4 Å². The van der Waals surface area contributed by atoms with Crippen molar-refractivity contribution in [2.24, 2.45) is 0 Å². The van der Waals surface area contributed by atoms with Gasteiger partial charge in [0.2, 0.25) is 10.0 Å². The molecular weight excluding hydrogens is 424 g/mol. The quantitative estimate of drug-likeness (QED) is 0.656. The van der Waals surface area contributed by atoms with Crippen LogP contribution in [0.2, 0.25) is 5.02 Å². The van der Waals surface area contributed by atoms with Crippen molar-refractivity contribution in [3.8, 4) is 5.75 Å². The van der Waals surface area contributed by atoms with Crippen LogP contribution in [0.4, 0.5) is 5.69 Å². The third-order valence-electron chi connectivity index (χ3n) is 5.14. The van der Waals surface area contributed by atoms with Crippen molar-refractivity contribution in [3.63, 3.8) is 0 Å². The molecule has 162 valence electrons. The molecule has 1 saturated carbocycles. The zero-order valence-electron chi connectivity index (χ0n) is 17.0. The van der Waals surface area contributed by atoms with Gasteiger partial charge >= 0.3 is 0 Å². The molecule has 0 bridgehead atoms. The number of hydrogen-bond donors (Lipinski definition) is 1. The molecule has 2 aromatic carbocycles. The van der Waals surface area contributed by atoms with Crippen LogP contribution in [0, 0.1) is 0 Å². The number of carbonyl (C=O) groups is 1. The summed E-state index contributed by atoms with van der Waals surface area (Å²) in [5, 5.41) is 3.52. The summed E-state index contributed by atoms with van der Waals surface area (Å²) < 4.78 is 31.5. The van der Waals surface area contributed by atoms with Gasteiger partial charge in [-0.15, -0.1) is 0 Å². The van der Waals surface area contributed by atoms with E-state index in [1.807, 2.05) is 6.07 Å². The summed E-state index contributed by atoms with van der Waals surface area (Å²) in [5.41, 5.74) is 1.21. The van der Waals surface area contributed by atoms with Crippen LogP contribution in [-0.2, 0) is 21.4 Å². The highest BCUT2D eigenvalue weighted by molar-refractivity contribution is 7.92. The normalized spacial score (nSPS) is 14.9. The van der Waals surface area contributed by atoms with Gasteiger partial charge in [-0.3, -0.25) is 9.10 Å². The maximum Gasteiger partial charge on any atom is 0.258 e. The maximum atomic E-state index is 12.3. The van der Waals surface area contributed by atoms with Gasteiger partial charge in [-0.25, -0.2) is 8.42 Å². The lowest BCUT2D eigenvalue weighted by Gasteiger charge is -2.23. The first-order valence-corrected chi connectivity index (χ1v) is 12.3. The van der Waals surface area contributed by atoms with E-state index in [-0.39, 0.29) is 25.1 Å². The van der Waals surface area contributed by atoms with E-state index in [0.717, 1.165) is 31.9 Å². The smallest absolute Gasteiger partial charge is 0.258 e.